The van der Waals surface area contributed by atoms with Crippen molar-refractivity contribution in [1.82, 2.24) is 5.43 Å². The molecule has 0 aliphatic carbocycles. The van der Waals surface area contributed by atoms with Gasteiger partial charge in [-0.25, -0.2) is 5.84 Å². The Morgan fingerprint density at radius 1 is 1.09 bits per heavy atom. The first-order valence-corrected chi connectivity index (χ1v) is 7.25. The molecule has 0 aliphatic rings. The number of carbonyl (C=O) groups excluding carboxylic acids is 2. The maximum atomic E-state index is 12.3. The molecule has 6 nitrogen and oxygen atoms in total. The summed E-state index contributed by atoms with van der Waals surface area (Å²) in [4.78, 5) is 23.3. The van der Waals surface area contributed by atoms with Crippen LogP contribution < -0.4 is 21.3 Å². The second-order valence-corrected chi connectivity index (χ2v) is 4.85. The Labute approximate surface area is 134 Å². The number of hydrogen-bond acceptors (Lipinski definition) is 4. The lowest BCUT2D eigenvalue weighted by atomic mass is 10.1. The van der Waals surface area contributed by atoms with Gasteiger partial charge in [0.2, 0.25) is 0 Å². The Balaban J connectivity index is 2.01. The summed E-state index contributed by atoms with van der Waals surface area (Å²) in [6, 6.07) is 14.2. The summed E-state index contributed by atoms with van der Waals surface area (Å²) >= 11 is 0. The predicted molar refractivity (Wildman–Crippen MR) is 88.0 cm³/mol. The average Bonchev–Trinajstić information content (AvgIpc) is 2.60. The number of anilines is 1. The molecule has 0 spiro atoms. The quantitative estimate of drug-likeness (QED) is 0.431. The zero-order valence-electron chi connectivity index (χ0n) is 12.8. The van der Waals surface area contributed by atoms with Crippen molar-refractivity contribution in [3.05, 3.63) is 59.7 Å². The molecule has 6 heteroatoms. The zero-order valence-corrected chi connectivity index (χ0v) is 12.8. The van der Waals surface area contributed by atoms with Crippen LogP contribution in [-0.2, 0) is 11.2 Å². The minimum Gasteiger partial charge on any atom is -0.484 e. The molecule has 2 aromatic carbocycles. The number of hydrazine groups is 1. The Kier molecular flexibility index (Phi) is 5.71. The van der Waals surface area contributed by atoms with Crippen LogP contribution in [0.5, 0.6) is 5.75 Å². The van der Waals surface area contributed by atoms with Gasteiger partial charge in [-0.2, -0.15) is 0 Å². The number of amides is 2. The second-order valence-electron chi connectivity index (χ2n) is 4.85. The first-order valence-electron chi connectivity index (χ1n) is 7.25. The van der Waals surface area contributed by atoms with Crippen LogP contribution in [0.25, 0.3) is 0 Å². The standard InChI is InChI=1S/C17H19N3O3/c1-2-12-5-3-4-6-15(12)19-17(22)13-7-9-14(10-8-13)23-11-16(21)20-18/h3-10H,2,11,18H2,1H3,(H,19,22)(H,20,21). The lowest BCUT2D eigenvalue weighted by Crippen LogP contribution is -2.34. The topological polar surface area (TPSA) is 93.4 Å². The molecule has 0 aromatic heterocycles. The van der Waals surface area contributed by atoms with Crippen molar-refractivity contribution < 1.29 is 14.3 Å². The molecule has 23 heavy (non-hydrogen) atoms. The molecule has 0 atom stereocenters. The number of nitrogens with one attached hydrogen (secondary N) is 2. The largest absolute Gasteiger partial charge is 0.484 e. The summed E-state index contributed by atoms with van der Waals surface area (Å²) in [5.41, 5.74) is 4.36. The highest BCUT2D eigenvalue weighted by molar-refractivity contribution is 6.04. The zero-order chi connectivity index (χ0) is 16.7. The fourth-order valence-corrected chi connectivity index (χ4v) is 2.04. The first kappa shape index (κ1) is 16.5. The maximum Gasteiger partial charge on any atom is 0.271 e. The summed E-state index contributed by atoms with van der Waals surface area (Å²) in [7, 11) is 0. The molecular weight excluding hydrogens is 294 g/mol. The van der Waals surface area contributed by atoms with Crippen LogP contribution in [0.2, 0.25) is 0 Å². The Morgan fingerprint density at radius 3 is 2.43 bits per heavy atom. The number of carbonyl (C=O) groups is 2. The van der Waals surface area contributed by atoms with E-state index in [1.54, 1.807) is 24.3 Å². The van der Waals surface area contributed by atoms with Gasteiger partial charge in [0.05, 0.1) is 0 Å². The minimum atomic E-state index is -0.428. The smallest absolute Gasteiger partial charge is 0.271 e. The maximum absolute atomic E-state index is 12.3. The van der Waals surface area contributed by atoms with E-state index < -0.39 is 5.91 Å². The van der Waals surface area contributed by atoms with Gasteiger partial charge in [-0.3, -0.25) is 15.0 Å². The third kappa shape index (κ3) is 4.55. The van der Waals surface area contributed by atoms with Crippen LogP contribution in [-0.4, -0.2) is 18.4 Å². The molecule has 2 amide bonds. The van der Waals surface area contributed by atoms with E-state index in [9.17, 15) is 9.59 Å². The Morgan fingerprint density at radius 2 is 1.78 bits per heavy atom. The van der Waals surface area contributed by atoms with E-state index in [4.69, 9.17) is 10.6 Å². The van der Waals surface area contributed by atoms with Gasteiger partial charge in [0.25, 0.3) is 11.8 Å². The monoisotopic (exact) mass is 313 g/mol. The van der Waals surface area contributed by atoms with Gasteiger partial charge in [-0.1, -0.05) is 25.1 Å². The van der Waals surface area contributed by atoms with Crippen LogP contribution >= 0.6 is 0 Å². The molecule has 4 N–H and O–H groups in total. The van der Waals surface area contributed by atoms with Crippen molar-refractivity contribution in [2.75, 3.05) is 11.9 Å². The Hall–Kier alpha value is -2.86. The minimum absolute atomic E-state index is 0.175. The lowest BCUT2D eigenvalue weighted by molar-refractivity contribution is -0.123. The molecule has 0 heterocycles. The number of aryl methyl sites for hydroxylation is 1. The lowest BCUT2D eigenvalue weighted by Gasteiger charge is -2.10. The number of benzene rings is 2. The summed E-state index contributed by atoms with van der Waals surface area (Å²) in [5, 5.41) is 2.90. The van der Waals surface area contributed by atoms with E-state index in [-0.39, 0.29) is 12.5 Å². The predicted octanol–water partition coefficient (Wildman–Crippen LogP) is 1.87. The van der Waals surface area contributed by atoms with Gasteiger partial charge in [0.1, 0.15) is 5.75 Å². The van der Waals surface area contributed by atoms with Crippen LogP contribution in [0.1, 0.15) is 22.8 Å². The third-order valence-corrected chi connectivity index (χ3v) is 3.29. The van der Waals surface area contributed by atoms with Gasteiger partial charge < -0.3 is 10.1 Å². The van der Waals surface area contributed by atoms with Crippen LogP contribution in [0.3, 0.4) is 0 Å². The van der Waals surface area contributed by atoms with Gasteiger partial charge in [-0.05, 0) is 42.3 Å². The highest BCUT2D eigenvalue weighted by Gasteiger charge is 2.09. The molecular formula is C17H19N3O3. The Bertz CT molecular complexity index is 684. The number of hydrogen-bond donors (Lipinski definition) is 3. The molecule has 0 radical (unpaired) electrons. The summed E-state index contributed by atoms with van der Waals surface area (Å²) in [5.74, 6) is 4.82. The van der Waals surface area contributed by atoms with Crippen molar-refractivity contribution >= 4 is 17.5 Å². The van der Waals surface area contributed by atoms with E-state index >= 15 is 0 Å². The SMILES string of the molecule is CCc1ccccc1NC(=O)c1ccc(OCC(=O)NN)cc1. The number of rotatable bonds is 6. The number of para-hydroxylation sites is 1. The van der Waals surface area contributed by atoms with Crippen molar-refractivity contribution in [2.45, 2.75) is 13.3 Å². The molecule has 0 aliphatic heterocycles. The van der Waals surface area contributed by atoms with Gasteiger partial charge in [0, 0.05) is 11.3 Å². The highest BCUT2D eigenvalue weighted by Crippen LogP contribution is 2.18. The van der Waals surface area contributed by atoms with Crippen molar-refractivity contribution in [1.29, 1.82) is 0 Å². The third-order valence-electron chi connectivity index (χ3n) is 3.29. The van der Waals surface area contributed by atoms with Crippen LogP contribution in [0, 0.1) is 0 Å². The van der Waals surface area contributed by atoms with Crippen LogP contribution in [0.15, 0.2) is 48.5 Å². The molecule has 2 aromatic rings. The fraction of sp³-hybridized carbons (Fsp3) is 0.176. The van der Waals surface area contributed by atoms with Gasteiger partial charge in [-0.15, -0.1) is 0 Å². The number of ether oxygens (including phenoxy) is 1. The fourth-order valence-electron chi connectivity index (χ4n) is 2.04. The van der Waals surface area contributed by atoms with E-state index in [1.165, 1.54) is 0 Å². The summed E-state index contributed by atoms with van der Waals surface area (Å²) < 4.78 is 5.22. The normalized spacial score (nSPS) is 10.0. The molecule has 0 fully saturated rings. The molecule has 0 unspecified atom stereocenters. The van der Waals surface area contributed by atoms with Crippen molar-refractivity contribution in [3.8, 4) is 5.75 Å². The number of nitrogens with two attached hydrogens (primary N) is 1. The molecule has 2 rings (SSSR count). The second kappa shape index (κ2) is 7.95. The van der Waals surface area contributed by atoms with Crippen molar-refractivity contribution in [3.63, 3.8) is 0 Å². The summed E-state index contributed by atoms with van der Waals surface area (Å²) in [6.45, 7) is 1.86. The van der Waals surface area contributed by atoms with E-state index in [0.29, 0.717) is 11.3 Å². The molecule has 120 valence electrons. The average molecular weight is 313 g/mol. The van der Waals surface area contributed by atoms with Gasteiger partial charge >= 0.3 is 0 Å². The van der Waals surface area contributed by atoms with E-state index in [2.05, 4.69) is 5.32 Å². The van der Waals surface area contributed by atoms with E-state index in [0.717, 1.165) is 17.7 Å². The van der Waals surface area contributed by atoms with Crippen molar-refractivity contribution in [2.24, 2.45) is 5.84 Å². The van der Waals surface area contributed by atoms with Gasteiger partial charge in [0.15, 0.2) is 6.61 Å². The molecule has 0 saturated heterocycles. The summed E-state index contributed by atoms with van der Waals surface area (Å²) in [6.07, 6.45) is 0.840. The van der Waals surface area contributed by atoms with E-state index in [1.807, 2.05) is 36.6 Å². The van der Waals surface area contributed by atoms with Crippen LogP contribution in [0.4, 0.5) is 5.69 Å². The highest BCUT2D eigenvalue weighted by atomic mass is 16.5. The molecule has 0 saturated carbocycles. The first-order chi connectivity index (χ1) is 11.1. The molecule has 0 bridgehead atoms.